The Hall–Kier alpha value is -4.61. The number of carbonyl (C=O) groups excluding carboxylic acids is 3. The number of nitrogens with one attached hydrogen (secondary N) is 3. The molecule has 4 aromatic rings. The smallest absolute Gasteiger partial charge is 0.254 e. The van der Waals surface area contributed by atoms with Crippen LogP contribution in [-0.2, 0) is 16.0 Å². The van der Waals surface area contributed by atoms with Crippen molar-refractivity contribution >= 4 is 35.8 Å². The van der Waals surface area contributed by atoms with Gasteiger partial charge in [-0.15, -0.1) is 22.6 Å². The first-order chi connectivity index (χ1) is 23.0. The molecule has 5 N–H and O–H groups in total. The molecule has 12 heteroatoms. The van der Waals surface area contributed by atoms with Gasteiger partial charge in [-0.2, -0.15) is 5.21 Å². The average molecular weight is 671 g/mol. The topological polar surface area (TPSA) is 159 Å². The lowest BCUT2D eigenvalue weighted by molar-refractivity contribution is -0.130. The summed E-state index contributed by atoms with van der Waals surface area (Å²) in [5.74, 6) is 0.428. The maximum Gasteiger partial charge on any atom is 0.254 e. The molecule has 11 nitrogen and oxygen atoms in total. The lowest BCUT2D eigenvalue weighted by atomic mass is 9.81. The SMILES string of the molecule is Cl.NCC1CCC(C(=O)N[C@@H](Cc2ccc(-c3ccccc3C(=O)N3CCCCC3)cc2)C(=O)Nc2ccc(-c3nn[nH]n3)cc2)CC1. The van der Waals surface area contributed by atoms with Crippen molar-refractivity contribution in [3.63, 3.8) is 0 Å². The van der Waals surface area contributed by atoms with Gasteiger partial charge in [0, 0.05) is 42.2 Å². The zero-order chi connectivity index (χ0) is 32.6. The zero-order valence-corrected chi connectivity index (χ0v) is 27.8. The quantitative estimate of drug-likeness (QED) is 0.185. The molecular weight excluding hydrogens is 628 g/mol. The summed E-state index contributed by atoms with van der Waals surface area (Å²) in [7, 11) is 0. The largest absolute Gasteiger partial charge is 0.344 e. The van der Waals surface area contributed by atoms with Gasteiger partial charge in [0.15, 0.2) is 0 Å². The van der Waals surface area contributed by atoms with E-state index in [0.717, 1.165) is 80.3 Å². The highest BCUT2D eigenvalue weighted by molar-refractivity contribution is 6.01. The number of rotatable bonds is 10. The number of piperidine rings is 1. The van der Waals surface area contributed by atoms with E-state index in [-0.39, 0.29) is 36.0 Å². The van der Waals surface area contributed by atoms with Gasteiger partial charge < -0.3 is 21.3 Å². The Morgan fingerprint density at radius 1 is 0.875 bits per heavy atom. The zero-order valence-electron chi connectivity index (χ0n) is 26.9. The molecule has 1 saturated heterocycles. The van der Waals surface area contributed by atoms with Crippen LogP contribution in [-0.4, -0.2) is 68.9 Å². The Labute approximate surface area is 286 Å². The van der Waals surface area contributed by atoms with Crippen molar-refractivity contribution in [1.82, 2.24) is 30.8 Å². The lowest BCUT2D eigenvalue weighted by Gasteiger charge is -2.28. The summed E-state index contributed by atoms with van der Waals surface area (Å²) in [6, 6.07) is 22.0. The fraction of sp³-hybridized carbons (Fsp3) is 0.389. The first kappa shape index (κ1) is 34.7. The number of halogens is 1. The molecule has 3 amide bonds. The Morgan fingerprint density at radius 2 is 1.56 bits per heavy atom. The molecule has 0 spiro atoms. The van der Waals surface area contributed by atoms with E-state index < -0.39 is 6.04 Å². The minimum atomic E-state index is -0.787. The van der Waals surface area contributed by atoms with Gasteiger partial charge in [0.2, 0.25) is 17.6 Å². The maximum absolute atomic E-state index is 13.7. The lowest BCUT2D eigenvalue weighted by Crippen LogP contribution is -2.48. The third-order valence-electron chi connectivity index (χ3n) is 9.45. The number of anilines is 1. The molecule has 6 rings (SSSR count). The highest BCUT2D eigenvalue weighted by atomic mass is 35.5. The summed E-state index contributed by atoms with van der Waals surface area (Å²) in [5.41, 5.74) is 10.6. The molecule has 2 fully saturated rings. The standard InChI is InChI=1S/C36H42N8O3.ClH/c37-23-25-10-14-28(15-11-25)34(45)39-32(35(46)38-29-18-16-27(17-19-29)33-40-42-43-41-33)22-24-8-12-26(13-9-24)30-6-2-3-7-31(30)36(47)44-20-4-1-5-21-44;/h2-3,6-9,12-13,16-19,25,28,32H,1,4-5,10-11,14-15,20-23,37H2,(H,38,46)(H,39,45)(H,40,41,42,43);1H/t25?,28?,32-;/m0./s1. The number of likely N-dealkylation sites (tertiary alicyclic amines) is 1. The second-order valence-electron chi connectivity index (χ2n) is 12.6. The van der Waals surface area contributed by atoms with E-state index in [1.54, 1.807) is 24.3 Å². The van der Waals surface area contributed by atoms with E-state index in [9.17, 15) is 14.4 Å². The first-order valence-corrected chi connectivity index (χ1v) is 16.6. The number of hydrogen-bond donors (Lipinski definition) is 4. The van der Waals surface area contributed by atoms with E-state index in [1.807, 2.05) is 53.4 Å². The van der Waals surface area contributed by atoms with Gasteiger partial charge in [-0.25, -0.2) is 0 Å². The van der Waals surface area contributed by atoms with Crippen molar-refractivity contribution in [2.24, 2.45) is 17.6 Å². The Balaban J connectivity index is 0.00000451. The predicted octanol–water partition coefficient (Wildman–Crippen LogP) is 5.01. The van der Waals surface area contributed by atoms with Crippen LogP contribution in [0.1, 0.15) is 60.9 Å². The number of aromatic amines is 1. The summed E-state index contributed by atoms with van der Waals surface area (Å²) in [5, 5.41) is 20.0. The van der Waals surface area contributed by atoms with Crippen LogP contribution < -0.4 is 16.4 Å². The number of H-pyrrole nitrogens is 1. The number of hydrogen-bond acceptors (Lipinski definition) is 7. The van der Waals surface area contributed by atoms with Crippen molar-refractivity contribution in [3.05, 3.63) is 83.9 Å². The second kappa shape index (κ2) is 16.5. The molecule has 252 valence electrons. The van der Waals surface area contributed by atoms with E-state index in [0.29, 0.717) is 36.0 Å². The molecule has 1 aliphatic heterocycles. The van der Waals surface area contributed by atoms with Crippen LogP contribution in [0.2, 0.25) is 0 Å². The van der Waals surface area contributed by atoms with Crippen LogP contribution >= 0.6 is 12.4 Å². The van der Waals surface area contributed by atoms with Crippen LogP contribution in [0.4, 0.5) is 5.69 Å². The summed E-state index contributed by atoms with van der Waals surface area (Å²) in [6.07, 6.45) is 6.92. The number of aromatic nitrogens is 4. The molecule has 1 saturated carbocycles. The van der Waals surface area contributed by atoms with Crippen LogP contribution in [0, 0.1) is 11.8 Å². The number of carbonyl (C=O) groups is 3. The van der Waals surface area contributed by atoms with E-state index >= 15 is 0 Å². The molecule has 1 aliphatic carbocycles. The molecule has 1 aromatic heterocycles. The van der Waals surface area contributed by atoms with E-state index in [4.69, 9.17) is 5.73 Å². The van der Waals surface area contributed by atoms with Gasteiger partial charge in [-0.05, 0) is 110 Å². The third-order valence-corrected chi connectivity index (χ3v) is 9.45. The molecule has 48 heavy (non-hydrogen) atoms. The molecule has 3 aromatic carbocycles. The highest BCUT2D eigenvalue weighted by Crippen LogP contribution is 2.29. The number of amides is 3. The molecule has 2 heterocycles. The number of benzene rings is 3. The van der Waals surface area contributed by atoms with Crippen LogP contribution in [0.25, 0.3) is 22.5 Å². The highest BCUT2D eigenvalue weighted by Gasteiger charge is 2.29. The fourth-order valence-corrected chi connectivity index (χ4v) is 6.62. The van der Waals surface area contributed by atoms with Crippen LogP contribution in [0.15, 0.2) is 72.8 Å². The summed E-state index contributed by atoms with van der Waals surface area (Å²) < 4.78 is 0. The summed E-state index contributed by atoms with van der Waals surface area (Å²) in [6.45, 7) is 2.22. The van der Waals surface area contributed by atoms with Crippen molar-refractivity contribution in [2.45, 2.75) is 57.4 Å². The van der Waals surface area contributed by atoms with E-state index in [2.05, 4.69) is 31.3 Å². The van der Waals surface area contributed by atoms with Crippen molar-refractivity contribution in [3.8, 4) is 22.5 Å². The Kier molecular flexibility index (Phi) is 11.9. The normalized spacial score (nSPS) is 18.3. The van der Waals surface area contributed by atoms with Gasteiger partial charge in [0.05, 0.1) is 0 Å². The van der Waals surface area contributed by atoms with Crippen LogP contribution in [0.3, 0.4) is 0 Å². The Morgan fingerprint density at radius 3 is 2.23 bits per heavy atom. The average Bonchev–Trinajstić information content (AvgIpc) is 3.67. The fourth-order valence-electron chi connectivity index (χ4n) is 6.62. The number of nitrogens with zero attached hydrogens (tertiary/aromatic N) is 4. The van der Waals surface area contributed by atoms with Gasteiger partial charge >= 0.3 is 0 Å². The molecule has 0 radical (unpaired) electrons. The van der Waals surface area contributed by atoms with Crippen molar-refractivity contribution < 1.29 is 14.4 Å². The molecule has 0 unspecified atom stereocenters. The van der Waals surface area contributed by atoms with Crippen molar-refractivity contribution in [1.29, 1.82) is 0 Å². The third kappa shape index (κ3) is 8.45. The minimum Gasteiger partial charge on any atom is -0.344 e. The first-order valence-electron chi connectivity index (χ1n) is 16.6. The molecule has 0 bridgehead atoms. The molecule has 2 aliphatic rings. The molecular formula is C36H43ClN8O3. The summed E-state index contributed by atoms with van der Waals surface area (Å²) >= 11 is 0. The van der Waals surface area contributed by atoms with E-state index in [1.165, 1.54) is 0 Å². The predicted molar refractivity (Wildman–Crippen MR) is 187 cm³/mol. The second-order valence-corrected chi connectivity index (χ2v) is 12.6. The van der Waals surface area contributed by atoms with Gasteiger partial charge in [-0.3, -0.25) is 14.4 Å². The van der Waals surface area contributed by atoms with Gasteiger partial charge in [0.25, 0.3) is 5.91 Å². The summed E-state index contributed by atoms with van der Waals surface area (Å²) in [4.78, 5) is 42.4. The Bertz CT molecular complexity index is 1650. The van der Waals surface area contributed by atoms with Gasteiger partial charge in [0.1, 0.15) is 6.04 Å². The molecule has 1 atom stereocenters. The van der Waals surface area contributed by atoms with Gasteiger partial charge in [-0.1, -0.05) is 42.5 Å². The van der Waals surface area contributed by atoms with Crippen LogP contribution in [0.5, 0.6) is 0 Å². The maximum atomic E-state index is 13.7. The monoisotopic (exact) mass is 670 g/mol. The van der Waals surface area contributed by atoms with Crippen molar-refractivity contribution in [2.75, 3.05) is 25.0 Å². The number of nitrogens with two attached hydrogens (primary N) is 1. The minimum absolute atomic E-state index is 0. The number of tetrazole rings is 1.